The largest absolute Gasteiger partial charge is 0.494 e. The third kappa shape index (κ3) is 7.05. The molecule has 0 aliphatic carbocycles. The standard InChI is InChI=1S/C21H28N2O3/c1-4-11-25-19-9-5-7-17(12-19)22-14-21(24)23-18-8-6-10-20(13-18)26-15-16(2)3/h5-10,12-13,16,22H,4,11,14-15H2,1-3H3,(H,23,24). The first-order valence-corrected chi connectivity index (χ1v) is 9.06. The van der Waals surface area contributed by atoms with Gasteiger partial charge in [0.1, 0.15) is 11.5 Å². The van der Waals surface area contributed by atoms with Crippen molar-refractivity contribution in [3.63, 3.8) is 0 Å². The second-order valence-electron chi connectivity index (χ2n) is 6.51. The lowest BCUT2D eigenvalue weighted by Gasteiger charge is -2.12. The minimum absolute atomic E-state index is 0.120. The molecule has 0 aliphatic rings. The second-order valence-corrected chi connectivity index (χ2v) is 6.51. The van der Waals surface area contributed by atoms with Gasteiger partial charge in [-0.15, -0.1) is 0 Å². The molecule has 140 valence electrons. The van der Waals surface area contributed by atoms with Gasteiger partial charge in [0, 0.05) is 23.5 Å². The fourth-order valence-electron chi connectivity index (χ4n) is 2.23. The predicted octanol–water partition coefficient (Wildman–Crippen LogP) is 4.56. The molecule has 0 radical (unpaired) electrons. The first kappa shape index (κ1) is 19.6. The molecule has 0 saturated heterocycles. The summed E-state index contributed by atoms with van der Waals surface area (Å²) in [6.45, 7) is 7.76. The third-order valence-corrected chi connectivity index (χ3v) is 3.46. The monoisotopic (exact) mass is 356 g/mol. The van der Waals surface area contributed by atoms with Crippen LogP contribution in [-0.2, 0) is 4.79 Å². The van der Waals surface area contributed by atoms with Gasteiger partial charge in [-0.05, 0) is 36.6 Å². The first-order valence-electron chi connectivity index (χ1n) is 9.06. The molecule has 2 aromatic carbocycles. The van der Waals surface area contributed by atoms with Gasteiger partial charge in [0.2, 0.25) is 5.91 Å². The van der Waals surface area contributed by atoms with Crippen LogP contribution in [-0.4, -0.2) is 25.7 Å². The normalized spacial score (nSPS) is 10.5. The Morgan fingerprint density at radius 1 is 1.00 bits per heavy atom. The number of hydrogen-bond acceptors (Lipinski definition) is 4. The number of anilines is 2. The molecule has 2 rings (SSSR count). The lowest BCUT2D eigenvalue weighted by molar-refractivity contribution is -0.114. The zero-order valence-electron chi connectivity index (χ0n) is 15.7. The highest BCUT2D eigenvalue weighted by atomic mass is 16.5. The molecule has 0 fully saturated rings. The summed E-state index contributed by atoms with van der Waals surface area (Å²) < 4.78 is 11.3. The van der Waals surface area contributed by atoms with Crippen LogP contribution in [0.3, 0.4) is 0 Å². The van der Waals surface area contributed by atoms with Crippen LogP contribution < -0.4 is 20.1 Å². The number of benzene rings is 2. The molecule has 0 saturated carbocycles. The van der Waals surface area contributed by atoms with E-state index in [0.717, 1.165) is 29.3 Å². The third-order valence-electron chi connectivity index (χ3n) is 3.46. The average molecular weight is 356 g/mol. The molecule has 0 heterocycles. The molecule has 0 bridgehead atoms. The number of nitrogens with one attached hydrogen (secondary N) is 2. The highest BCUT2D eigenvalue weighted by Gasteiger charge is 2.05. The number of amides is 1. The Morgan fingerprint density at radius 3 is 2.35 bits per heavy atom. The van der Waals surface area contributed by atoms with Gasteiger partial charge >= 0.3 is 0 Å². The molecule has 2 aromatic rings. The number of hydrogen-bond donors (Lipinski definition) is 2. The van der Waals surface area contributed by atoms with E-state index in [0.29, 0.717) is 19.1 Å². The summed E-state index contributed by atoms with van der Waals surface area (Å²) in [7, 11) is 0. The van der Waals surface area contributed by atoms with E-state index in [1.807, 2.05) is 48.5 Å². The summed E-state index contributed by atoms with van der Waals surface area (Å²) >= 11 is 0. The fraction of sp³-hybridized carbons (Fsp3) is 0.381. The molecule has 0 aliphatic heterocycles. The van der Waals surface area contributed by atoms with Crippen molar-refractivity contribution in [2.75, 3.05) is 30.4 Å². The van der Waals surface area contributed by atoms with E-state index >= 15 is 0 Å². The minimum atomic E-state index is -0.120. The highest BCUT2D eigenvalue weighted by molar-refractivity contribution is 5.93. The molecule has 1 amide bonds. The Bertz CT molecular complexity index is 701. The van der Waals surface area contributed by atoms with Gasteiger partial charge in [-0.25, -0.2) is 0 Å². The summed E-state index contributed by atoms with van der Waals surface area (Å²) in [5.41, 5.74) is 1.57. The SMILES string of the molecule is CCCOc1cccc(NCC(=O)Nc2cccc(OCC(C)C)c2)c1. The van der Waals surface area contributed by atoms with Crippen molar-refractivity contribution in [3.8, 4) is 11.5 Å². The summed E-state index contributed by atoms with van der Waals surface area (Å²) in [6.07, 6.45) is 0.958. The van der Waals surface area contributed by atoms with Crippen molar-refractivity contribution >= 4 is 17.3 Å². The van der Waals surface area contributed by atoms with E-state index in [-0.39, 0.29) is 12.5 Å². The predicted molar refractivity (Wildman–Crippen MR) is 106 cm³/mol. The van der Waals surface area contributed by atoms with E-state index in [2.05, 4.69) is 31.4 Å². The Balaban J connectivity index is 1.84. The maximum atomic E-state index is 12.2. The van der Waals surface area contributed by atoms with Crippen LogP contribution in [0.5, 0.6) is 11.5 Å². The number of rotatable bonds is 10. The van der Waals surface area contributed by atoms with Crippen LogP contribution in [0.4, 0.5) is 11.4 Å². The van der Waals surface area contributed by atoms with Gasteiger partial charge in [-0.2, -0.15) is 0 Å². The average Bonchev–Trinajstić information content (AvgIpc) is 2.64. The van der Waals surface area contributed by atoms with E-state index in [9.17, 15) is 4.79 Å². The minimum Gasteiger partial charge on any atom is -0.494 e. The first-order chi connectivity index (χ1) is 12.6. The molecule has 26 heavy (non-hydrogen) atoms. The van der Waals surface area contributed by atoms with E-state index in [1.54, 1.807) is 0 Å². The van der Waals surface area contributed by atoms with Gasteiger partial charge in [0.25, 0.3) is 0 Å². The zero-order valence-corrected chi connectivity index (χ0v) is 15.7. The van der Waals surface area contributed by atoms with Gasteiger partial charge in [0.15, 0.2) is 0 Å². The summed E-state index contributed by atoms with van der Waals surface area (Å²) in [4.78, 5) is 12.2. The Labute approximate surface area is 155 Å². The second kappa shape index (κ2) is 10.3. The molecular weight excluding hydrogens is 328 g/mol. The highest BCUT2D eigenvalue weighted by Crippen LogP contribution is 2.19. The van der Waals surface area contributed by atoms with Gasteiger partial charge in [-0.1, -0.05) is 32.9 Å². The Hall–Kier alpha value is -2.69. The quantitative estimate of drug-likeness (QED) is 0.655. The lowest BCUT2D eigenvalue weighted by atomic mass is 10.2. The van der Waals surface area contributed by atoms with E-state index in [1.165, 1.54) is 0 Å². The van der Waals surface area contributed by atoms with Crippen LogP contribution >= 0.6 is 0 Å². The van der Waals surface area contributed by atoms with Crippen LogP contribution in [0.25, 0.3) is 0 Å². The van der Waals surface area contributed by atoms with Crippen molar-refractivity contribution in [3.05, 3.63) is 48.5 Å². The molecular formula is C21H28N2O3. The number of ether oxygens (including phenoxy) is 2. The zero-order chi connectivity index (χ0) is 18.8. The van der Waals surface area contributed by atoms with Crippen molar-refractivity contribution in [1.82, 2.24) is 0 Å². The topological polar surface area (TPSA) is 59.6 Å². The Morgan fingerprint density at radius 2 is 1.65 bits per heavy atom. The van der Waals surface area contributed by atoms with Crippen LogP contribution in [0.15, 0.2) is 48.5 Å². The maximum Gasteiger partial charge on any atom is 0.243 e. The molecule has 0 aromatic heterocycles. The molecule has 0 spiro atoms. The summed E-state index contributed by atoms with van der Waals surface area (Å²) in [6, 6.07) is 15.0. The fourth-order valence-corrected chi connectivity index (χ4v) is 2.23. The van der Waals surface area contributed by atoms with Crippen LogP contribution in [0, 0.1) is 5.92 Å². The van der Waals surface area contributed by atoms with Crippen molar-refractivity contribution in [2.24, 2.45) is 5.92 Å². The maximum absolute atomic E-state index is 12.2. The number of carbonyl (C=O) groups is 1. The lowest BCUT2D eigenvalue weighted by Crippen LogP contribution is -2.21. The van der Waals surface area contributed by atoms with Gasteiger partial charge in [-0.3, -0.25) is 4.79 Å². The van der Waals surface area contributed by atoms with E-state index in [4.69, 9.17) is 9.47 Å². The van der Waals surface area contributed by atoms with Crippen LogP contribution in [0.2, 0.25) is 0 Å². The molecule has 2 N–H and O–H groups in total. The summed E-state index contributed by atoms with van der Waals surface area (Å²) in [5.74, 6) is 1.89. The summed E-state index contributed by atoms with van der Waals surface area (Å²) in [5, 5.41) is 5.99. The smallest absolute Gasteiger partial charge is 0.243 e. The van der Waals surface area contributed by atoms with Gasteiger partial charge < -0.3 is 20.1 Å². The molecule has 5 heteroatoms. The van der Waals surface area contributed by atoms with Crippen molar-refractivity contribution < 1.29 is 14.3 Å². The van der Waals surface area contributed by atoms with Gasteiger partial charge in [0.05, 0.1) is 19.8 Å². The number of carbonyl (C=O) groups excluding carboxylic acids is 1. The molecule has 0 unspecified atom stereocenters. The Kier molecular flexibility index (Phi) is 7.80. The molecule has 0 atom stereocenters. The molecule has 5 nitrogen and oxygen atoms in total. The van der Waals surface area contributed by atoms with Crippen molar-refractivity contribution in [1.29, 1.82) is 0 Å². The van der Waals surface area contributed by atoms with Crippen LogP contribution in [0.1, 0.15) is 27.2 Å². The van der Waals surface area contributed by atoms with E-state index < -0.39 is 0 Å². The van der Waals surface area contributed by atoms with Crippen molar-refractivity contribution in [2.45, 2.75) is 27.2 Å².